The molecule has 2 aromatic heterocycles. The minimum Gasteiger partial charge on any atom is -0.396 e. The van der Waals surface area contributed by atoms with Crippen LogP contribution in [-0.2, 0) is 6.42 Å². The van der Waals surface area contributed by atoms with Gasteiger partial charge in [-0.3, -0.25) is 0 Å². The van der Waals surface area contributed by atoms with Crippen molar-refractivity contribution in [3.63, 3.8) is 0 Å². The van der Waals surface area contributed by atoms with Crippen LogP contribution in [0.3, 0.4) is 0 Å². The van der Waals surface area contributed by atoms with Crippen molar-refractivity contribution in [3.05, 3.63) is 16.2 Å². The van der Waals surface area contributed by atoms with Crippen LogP contribution in [0.2, 0.25) is 5.28 Å². The van der Waals surface area contributed by atoms with E-state index in [2.05, 4.69) is 35.2 Å². The lowest BCUT2D eigenvalue weighted by Crippen LogP contribution is -2.16. The van der Waals surface area contributed by atoms with Crippen LogP contribution < -0.4 is 5.32 Å². The fourth-order valence-corrected chi connectivity index (χ4v) is 3.62. The van der Waals surface area contributed by atoms with E-state index in [9.17, 15) is 0 Å². The van der Waals surface area contributed by atoms with Crippen LogP contribution in [-0.4, -0.2) is 28.2 Å². The van der Waals surface area contributed by atoms with Crippen molar-refractivity contribution in [1.82, 2.24) is 9.97 Å². The Hall–Kier alpha value is -0.910. The second kappa shape index (κ2) is 7.92. The van der Waals surface area contributed by atoms with E-state index in [1.165, 1.54) is 4.88 Å². The van der Waals surface area contributed by atoms with E-state index in [1.54, 1.807) is 11.3 Å². The predicted octanol–water partition coefficient (Wildman–Crippen LogP) is 4.12. The molecule has 0 amide bonds. The maximum atomic E-state index is 9.14. The van der Waals surface area contributed by atoms with Crippen LogP contribution in [0.4, 0.5) is 5.82 Å². The highest BCUT2D eigenvalue weighted by Gasteiger charge is 2.13. The summed E-state index contributed by atoms with van der Waals surface area (Å²) < 4.78 is 0. The van der Waals surface area contributed by atoms with Gasteiger partial charge >= 0.3 is 0 Å². The first-order valence-corrected chi connectivity index (χ1v) is 8.68. The number of halogens is 1. The molecule has 0 radical (unpaired) electrons. The zero-order valence-corrected chi connectivity index (χ0v) is 14.1. The fraction of sp³-hybridized carbons (Fsp3) is 0.600. The van der Waals surface area contributed by atoms with Crippen LogP contribution >= 0.6 is 22.9 Å². The highest BCUT2D eigenvalue weighted by molar-refractivity contribution is 7.18. The molecule has 0 aliphatic rings. The lowest BCUT2D eigenvalue weighted by atomic mass is 10.0. The van der Waals surface area contributed by atoms with E-state index in [0.29, 0.717) is 5.92 Å². The first kappa shape index (κ1) is 16.5. The van der Waals surface area contributed by atoms with Gasteiger partial charge in [0.2, 0.25) is 5.28 Å². The largest absolute Gasteiger partial charge is 0.396 e. The maximum Gasteiger partial charge on any atom is 0.225 e. The first-order chi connectivity index (χ1) is 10.2. The standard InChI is InChI=1S/C15H22ClN3OS/c1-3-5-10(6-7-20)9-17-13-12-8-11(4-2)21-14(12)19-15(16)18-13/h8,10,20H,3-7,9H2,1-2H3,(H,17,18,19). The number of rotatable bonds is 8. The molecule has 2 aromatic rings. The molecule has 0 saturated heterocycles. The number of aromatic nitrogens is 2. The van der Waals surface area contributed by atoms with Crippen molar-refractivity contribution >= 4 is 39.0 Å². The molecule has 21 heavy (non-hydrogen) atoms. The number of thiophene rings is 1. The van der Waals surface area contributed by atoms with Gasteiger partial charge in [-0.1, -0.05) is 20.3 Å². The molecule has 0 bridgehead atoms. The molecule has 0 saturated carbocycles. The summed E-state index contributed by atoms with van der Waals surface area (Å²) >= 11 is 7.68. The van der Waals surface area contributed by atoms with Crippen molar-refractivity contribution in [3.8, 4) is 0 Å². The average molecular weight is 328 g/mol. The van der Waals surface area contributed by atoms with Gasteiger partial charge in [0.1, 0.15) is 10.6 Å². The number of nitrogens with zero attached hydrogens (tertiary/aromatic N) is 2. The van der Waals surface area contributed by atoms with Crippen LogP contribution in [0.5, 0.6) is 0 Å². The van der Waals surface area contributed by atoms with E-state index in [0.717, 1.165) is 48.3 Å². The third-order valence-corrected chi connectivity index (χ3v) is 4.90. The molecule has 0 fully saturated rings. The lowest BCUT2D eigenvalue weighted by molar-refractivity contribution is 0.255. The zero-order chi connectivity index (χ0) is 15.2. The van der Waals surface area contributed by atoms with Gasteiger partial charge in [0.25, 0.3) is 0 Å². The van der Waals surface area contributed by atoms with Crippen LogP contribution in [0.15, 0.2) is 6.07 Å². The number of aliphatic hydroxyl groups excluding tert-OH is 1. The van der Waals surface area contributed by atoms with Gasteiger partial charge in [0.05, 0.1) is 5.39 Å². The van der Waals surface area contributed by atoms with Crippen molar-refractivity contribution in [2.24, 2.45) is 5.92 Å². The van der Waals surface area contributed by atoms with Gasteiger partial charge in [0.15, 0.2) is 0 Å². The molecule has 0 aliphatic heterocycles. The van der Waals surface area contributed by atoms with E-state index >= 15 is 0 Å². The quantitative estimate of drug-likeness (QED) is 0.716. The Kier molecular flexibility index (Phi) is 6.21. The Morgan fingerprint density at radius 3 is 2.81 bits per heavy atom. The lowest BCUT2D eigenvalue weighted by Gasteiger charge is -2.16. The summed E-state index contributed by atoms with van der Waals surface area (Å²) in [5.41, 5.74) is 0. The Bertz CT molecular complexity index is 582. The van der Waals surface area contributed by atoms with Gasteiger partial charge in [-0.2, -0.15) is 0 Å². The molecular formula is C15H22ClN3OS. The minimum atomic E-state index is 0.227. The maximum absolute atomic E-state index is 9.14. The van der Waals surface area contributed by atoms with Crippen LogP contribution in [0.1, 0.15) is 38.0 Å². The van der Waals surface area contributed by atoms with Crippen molar-refractivity contribution in [1.29, 1.82) is 0 Å². The van der Waals surface area contributed by atoms with E-state index in [1.807, 2.05) is 0 Å². The summed E-state index contributed by atoms with van der Waals surface area (Å²) in [5.74, 6) is 1.26. The summed E-state index contributed by atoms with van der Waals surface area (Å²) in [7, 11) is 0. The van der Waals surface area contributed by atoms with Gasteiger partial charge in [-0.25, -0.2) is 9.97 Å². The summed E-state index contributed by atoms with van der Waals surface area (Å²) in [6.45, 7) is 5.32. The van der Waals surface area contributed by atoms with Crippen LogP contribution in [0, 0.1) is 5.92 Å². The van der Waals surface area contributed by atoms with Gasteiger partial charge in [-0.15, -0.1) is 11.3 Å². The number of fused-ring (bicyclic) bond motifs is 1. The topological polar surface area (TPSA) is 58.0 Å². The SMILES string of the molecule is CCCC(CCO)CNc1nc(Cl)nc2sc(CC)cc12. The summed E-state index contributed by atoms with van der Waals surface area (Å²) in [4.78, 5) is 10.8. The second-order valence-electron chi connectivity index (χ2n) is 5.17. The first-order valence-electron chi connectivity index (χ1n) is 7.48. The third kappa shape index (κ3) is 4.28. The molecule has 2 rings (SSSR count). The van der Waals surface area contributed by atoms with Gasteiger partial charge < -0.3 is 10.4 Å². The summed E-state index contributed by atoms with van der Waals surface area (Å²) in [5, 5.41) is 13.9. The van der Waals surface area contributed by atoms with E-state index < -0.39 is 0 Å². The van der Waals surface area contributed by atoms with E-state index in [4.69, 9.17) is 16.7 Å². The molecule has 0 aliphatic carbocycles. The smallest absolute Gasteiger partial charge is 0.225 e. The molecule has 4 nitrogen and oxygen atoms in total. The molecular weight excluding hydrogens is 306 g/mol. The molecule has 0 aromatic carbocycles. The highest BCUT2D eigenvalue weighted by atomic mass is 35.5. The van der Waals surface area contributed by atoms with Crippen molar-refractivity contribution < 1.29 is 5.11 Å². The zero-order valence-electron chi connectivity index (χ0n) is 12.5. The molecule has 1 atom stereocenters. The second-order valence-corrected chi connectivity index (χ2v) is 6.63. The molecule has 116 valence electrons. The van der Waals surface area contributed by atoms with E-state index in [-0.39, 0.29) is 11.9 Å². The third-order valence-electron chi connectivity index (χ3n) is 3.56. The number of nitrogens with one attached hydrogen (secondary N) is 1. The van der Waals surface area contributed by atoms with Gasteiger partial charge in [-0.05, 0) is 42.8 Å². The average Bonchev–Trinajstić information content (AvgIpc) is 2.87. The fourth-order valence-electron chi connectivity index (χ4n) is 2.43. The molecule has 1 unspecified atom stereocenters. The summed E-state index contributed by atoms with van der Waals surface area (Å²) in [6, 6.07) is 2.14. The molecule has 2 N–H and O–H groups in total. The molecule has 0 spiro atoms. The highest BCUT2D eigenvalue weighted by Crippen LogP contribution is 2.30. The number of hydrogen-bond donors (Lipinski definition) is 2. The molecule has 6 heteroatoms. The monoisotopic (exact) mass is 327 g/mol. The molecule has 2 heterocycles. The number of aryl methyl sites for hydroxylation is 1. The number of hydrogen-bond acceptors (Lipinski definition) is 5. The Balaban J connectivity index is 2.18. The predicted molar refractivity (Wildman–Crippen MR) is 90.4 cm³/mol. The van der Waals surface area contributed by atoms with Crippen molar-refractivity contribution in [2.75, 3.05) is 18.5 Å². The van der Waals surface area contributed by atoms with Gasteiger partial charge in [0, 0.05) is 18.0 Å². The Morgan fingerprint density at radius 1 is 1.33 bits per heavy atom. The van der Waals surface area contributed by atoms with Crippen LogP contribution in [0.25, 0.3) is 10.2 Å². The minimum absolute atomic E-state index is 0.227. The normalized spacial score (nSPS) is 12.8. The Labute approximate surface area is 134 Å². The summed E-state index contributed by atoms with van der Waals surface area (Å²) in [6.07, 6.45) is 4.01. The number of aliphatic hydroxyl groups is 1. The number of anilines is 1. The van der Waals surface area contributed by atoms with Crippen molar-refractivity contribution in [2.45, 2.75) is 39.5 Å². The Morgan fingerprint density at radius 2 is 2.14 bits per heavy atom.